The lowest BCUT2D eigenvalue weighted by Gasteiger charge is -2.08. The first-order chi connectivity index (χ1) is 9.31. The monoisotopic (exact) mass is 279 g/mol. The highest BCUT2D eigenvalue weighted by molar-refractivity contribution is 7.15. The molecule has 0 spiro atoms. The van der Waals surface area contributed by atoms with Crippen molar-refractivity contribution < 1.29 is 4.79 Å². The molecular weight excluding hydrogens is 258 g/mol. The summed E-state index contributed by atoms with van der Waals surface area (Å²) in [6, 6.07) is 0.359. The average molecular weight is 279 g/mol. The minimum absolute atomic E-state index is 0.100. The number of nitrogens with one attached hydrogen (secondary N) is 2. The maximum atomic E-state index is 12.0. The molecule has 1 amide bonds. The number of hydrogen-bond acceptors (Lipinski definition) is 4. The molecular formula is C14H21N3OS. The van der Waals surface area contributed by atoms with Crippen molar-refractivity contribution in [1.82, 2.24) is 10.3 Å². The third-order valence-electron chi connectivity index (χ3n) is 3.94. The first kappa shape index (κ1) is 13.1. The summed E-state index contributed by atoms with van der Waals surface area (Å²) in [5.41, 5.74) is 1.22. The van der Waals surface area contributed by atoms with Gasteiger partial charge in [-0.25, -0.2) is 4.98 Å². The predicted molar refractivity (Wildman–Crippen MR) is 77.6 cm³/mol. The van der Waals surface area contributed by atoms with Crippen molar-refractivity contribution in [2.45, 2.75) is 57.4 Å². The molecule has 1 aromatic heterocycles. The molecule has 1 fully saturated rings. The van der Waals surface area contributed by atoms with Crippen LogP contribution >= 0.6 is 11.3 Å². The lowest BCUT2D eigenvalue weighted by Crippen LogP contribution is -2.27. The van der Waals surface area contributed by atoms with E-state index in [-0.39, 0.29) is 5.91 Å². The van der Waals surface area contributed by atoms with Crippen LogP contribution in [-0.2, 0) is 17.6 Å². The molecule has 1 unspecified atom stereocenters. The molecule has 1 aliphatic carbocycles. The van der Waals surface area contributed by atoms with Crippen LogP contribution in [-0.4, -0.2) is 23.5 Å². The highest BCUT2D eigenvalue weighted by Gasteiger charge is 2.19. The lowest BCUT2D eigenvalue weighted by atomic mass is 10.1. The number of thiazole rings is 1. The highest BCUT2D eigenvalue weighted by Crippen LogP contribution is 2.29. The second-order valence-corrected chi connectivity index (χ2v) is 6.58. The molecule has 3 rings (SSSR count). The SMILES string of the molecule is O=C(CC1CCCN1)Nc1nc2c(s1)CCCCC2. The van der Waals surface area contributed by atoms with Gasteiger partial charge in [-0.2, -0.15) is 0 Å². The number of nitrogens with zero attached hydrogens (tertiary/aromatic N) is 1. The number of amides is 1. The number of anilines is 1. The van der Waals surface area contributed by atoms with Crippen LogP contribution in [0, 0.1) is 0 Å². The topological polar surface area (TPSA) is 54.0 Å². The van der Waals surface area contributed by atoms with Crippen LogP contribution in [0.3, 0.4) is 0 Å². The number of hydrogen-bond donors (Lipinski definition) is 2. The molecule has 0 radical (unpaired) electrons. The second-order valence-electron chi connectivity index (χ2n) is 5.50. The molecule has 0 saturated carbocycles. The van der Waals surface area contributed by atoms with E-state index >= 15 is 0 Å². The maximum absolute atomic E-state index is 12.0. The summed E-state index contributed by atoms with van der Waals surface area (Å²) in [5, 5.41) is 7.13. The van der Waals surface area contributed by atoms with Crippen molar-refractivity contribution in [1.29, 1.82) is 0 Å². The van der Waals surface area contributed by atoms with Gasteiger partial charge in [-0.1, -0.05) is 6.42 Å². The molecule has 2 N–H and O–H groups in total. The number of aryl methyl sites for hydroxylation is 2. The van der Waals surface area contributed by atoms with Crippen molar-refractivity contribution in [2.24, 2.45) is 0 Å². The van der Waals surface area contributed by atoms with Gasteiger partial charge in [-0.3, -0.25) is 4.79 Å². The fourth-order valence-corrected chi connectivity index (χ4v) is 3.97. The Kier molecular flexibility index (Phi) is 4.13. The van der Waals surface area contributed by atoms with Crippen molar-refractivity contribution in [3.63, 3.8) is 0 Å². The van der Waals surface area contributed by atoms with E-state index in [4.69, 9.17) is 0 Å². The van der Waals surface area contributed by atoms with Gasteiger partial charge in [0, 0.05) is 17.3 Å². The molecule has 19 heavy (non-hydrogen) atoms. The summed E-state index contributed by atoms with van der Waals surface area (Å²) >= 11 is 1.67. The van der Waals surface area contributed by atoms with Crippen LogP contribution in [0.4, 0.5) is 5.13 Å². The zero-order valence-corrected chi connectivity index (χ0v) is 12.0. The Morgan fingerprint density at radius 3 is 3.05 bits per heavy atom. The summed E-state index contributed by atoms with van der Waals surface area (Å²) in [5.74, 6) is 0.100. The summed E-state index contributed by atoms with van der Waals surface area (Å²) in [4.78, 5) is 17.9. The molecule has 1 atom stereocenters. The van der Waals surface area contributed by atoms with E-state index in [1.54, 1.807) is 11.3 Å². The van der Waals surface area contributed by atoms with Gasteiger partial charge in [0.15, 0.2) is 5.13 Å². The van der Waals surface area contributed by atoms with Crippen molar-refractivity contribution in [3.05, 3.63) is 10.6 Å². The van der Waals surface area contributed by atoms with Crippen LogP contribution in [0.15, 0.2) is 0 Å². The zero-order chi connectivity index (χ0) is 13.1. The van der Waals surface area contributed by atoms with E-state index in [0.29, 0.717) is 12.5 Å². The summed E-state index contributed by atoms with van der Waals surface area (Å²) in [6.07, 6.45) is 8.87. The molecule has 2 aliphatic rings. The molecule has 5 heteroatoms. The molecule has 2 heterocycles. The van der Waals surface area contributed by atoms with Crippen LogP contribution in [0.25, 0.3) is 0 Å². The Balaban J connectivity index is 1.58. The van der Waals surface area contributed by atoms with E-state index < -0.39 is 0 Å². The second kappa shape index (κ2) is 6.01. The maximum Gasteiger partial charge on any atom is 0.227 e. The normalized spacial score (nSPS) is 22.8. The van der Waals surface area contributed by atoms with Gasteiger partial charge in [0.1, 0.15) is 0 Å². The number of carbonyl (C=O) groups is 1. The average Bonchev–Trinajstić information content (AvgIpc) is 2.95. The lowest BCUT2D eigenvalue weighted by molar-refractivity contribution is -0.116. The predicted octanol–water partition coefficient (Wildman–Crippen LogP) is 2.49. The molecule has 1 aromatic rings. The summed E-state index contributed by atoms with van der Waals surface area (Å²) in [7, 11) is 0. The first-order valence-corrected chi connectivity index (χ1v) is 8.15. The molecule has 104 valence electrons. The molecule has 0 bridgehead atoms. The van der Waals surface area contributed by atoms with E-state index in [9.17, 15) is 4.79 Å². The van der Waals surface area contributed by atoms with Crippen molar-refractivity contribution >= 4 is 22.4 Å². The number of rotatable bonds is 3. The number of fused-ring (bicyclic) bond motifs is 1. The van der Waals surface area contributed by atoms with Crippen LogP contribution in [0.1, 0.15) is 49.1 Å². The number of carbonyl (C=O) groups excluding carboxylic acids is 1. The zero-order valence-electron chi connectivity index (χ0n) is 11.2. The van der Waals surface area contributed by atoms with Crippen LogP contribution in [0.5, 0.6) is 0 Å². The smallest absolute Gasteiger partial charge is 0.227 e. The largest absolute Gasteiger partial charge is 0.313 e. The standard InChI is InChI=1S/C14H21N3OS/c18-13(9-10-5-4-8-15-10)17-14-16-11-6-2-1-3-7-12(11)19-14/h10,15H,1-9H2,(H,16,17,18). The molecule has 0 aromatic carbocycles. The van der Waals surface area contributed by atoms with Gasteiger partial charge in [0.05, 0.1) is 5.69 Å². The van der Waals surface area contributed by atoms with E-state index in [1.807, 2.05) is 0 Å². The van der Waals surface area contributed by atoms with Gasteiger partial charge in [-0.05, 0) is 45.1 Å². The van der Waals surface area contributed by atoms with Gasteiger partial charge in [0.2, 0.25) is 5.91 Å². The van der Waals surface area contributed by atoms with E-state index in [1.165, 1.54) is 36.3 Å². The molecule has 1 saturated heterocycles. The van der Waals surface area contributed by atoms with Crippen molar-refractivity contribution in [3.8, 4) is 0 Å². The van der Waals surface area contributed by atoms with E-state index in [2.05, 4.69) is 15.6 Å². The van der Waals surface area contributed by atoms with Crippen molar-refractivity contribution in [2.75, 3.05) is 11.9 Å². The van der Waals surface area contributed by atoms with Crippen LogP contribution in [0.2, 0.25) is 0 Å². The minimum Gasteiger partial charge on any atom is -0.313 e. The summed E-state index contributed by atoms with van der Waals surface area (Å²) < 4.78 is 0. The fraction of sp³-hybridized carbons (Fsp3) is 0.714. The molecule has 1 aliphatic heterocycles. The fourth-order valence-electron chi connectivity index (χ4n) is 2.91. The van der Waals surface area contributed by atoms with Gasteiger partial charge < -0.3 is 10.6 Å². The third kappa shape index (κ3) is 3.34. The highest BCUT2D eigenvalue weighted by atomic mass is 32.1. The molecule has 4 nitrogen and oxygen atoms in total. The van der Waals surface area contributed by atoms with Gasteiger partial charge in [0.25, 0.3) is 0 Å². The van der Waals surface area contributed by atoms with Crippen LogP contribution < -0.4 is 10.6 Å². The van der Waals surface area contributed by atoms with Gasteiger partial charge in [-0.15, -0.1) is 11.3 Å². The first-order valence-electron chi connectivity index (χ1n) is 7.33. The Labute approximate surface area is 118 Å². The Morgan fingerprint density at radius 1 is 1.32 bits per heavy atom. The van der Waals surface area contributed by atoms with E-state index in [0.717, 1.165) is 30.9 Å². The minimum atomic E-state index is 0.100. The Morgan fingerprint density at radius 2 is 2.21 bits per heavy atom. The summed E-state index contributed by atoms with van der Waals surface area (Å²) in [6.45, 7) is 1.05. The third-order valence-corrected chi connectivity index (χ3v) is 5.01. The quantitative estimate of drug-likeness (QED) is 0.836. The number of aromatic nitrogens is 1. The van der Waals surface area contributed by atoms with Gasteiger partial charge >= 0.3 is 0 Å². The Bertz CT molecular complexity index is 428. The Hall–Kier alpha value is -0.940.